The lowest BCUT2D eigenvalue weighted by atomic mass is 9.98. The quantitative estimate of drug-likeness (QED) is 0.536. The second kappa shape index (κ2) is 9.25. The molecule has 0 aliphatic rings. The predicted molar refractivity (Wildman–Crippen MR) is 119 cm³/mol. The Morgan fingerprint density at radius 1 is 0.871 bits per heavy atom. The van der Waals surface area contributed by atoms with Crippen molar-refractivity contribution in [1.82, 2.24) is 0 Å². The molecule has 0 bridgehead atoms. The van der Waals surface area contributed by atoms with Gasteiger partial charge in [0.05, 0.1) is 4.90 Å². The van der Waals surface area contributed by atoms with E-state index in [4.69, 9.17) is 4.74 Å². The molecule has 6 heteroatoms. The van der Waals surface area contributed by atoms with Crippen molar-refractivity contribution in [3.05, 3.63) is 78.4 Å². The first-order valence-corrected chi connectivity index (χ1v) is 11.4. The third kappa shape index (κ3) is 5.26. The molecule has 0 atom stereocenters. The normalized spacial score (nSPS) is 11.5. The smallest absolute Gasteiger partial charge is 0.210 e. The van der Waals surface area contributed by atoms with E-state index in [1.165, 1.54) is 24.3 Å². The number of hydrogen-bond acceptors (Lipinski definition) is 5. The maximum atomic E-state index is 12.7. The highest BCUT2D eigenvalue weighted by molar-refractivity contribution is 7.91. The highest BCUT2D eigenvalue weighted by Gasteiger charge is 2.21. The third-order valence-electron chi connectivity index (χ3n) is 4.99. The van der Waals surface area contributed by atoms with Crippen LogP contribution in [0.2, 0.25) is 0 Å². The van der Waals surface area contributed by atoms with E-state index in [2.05, 4.69) is 11.8 Å². The van der Waals surface area contributed by atoms with E-state index in [1.807, 2.05) is 13.8 Å². The molecule has 0 spiro atoms. The number of ether oxygens (including phenoxy) is 1. The monoisotopic (exact) mass is 436 g/mol. The Labute approximate surface area is 182 Å². The van der Waals surface area contributed by atoms with Crippen LogP contribution >= 0.6 is 0 Å². The Balaban J connectivity index is 1.73. The summed E-state index contributed by atoms with van der Waals surface area (Å²) in [6, 6.07) is 18.9. The summed E-state index contributed by atoms with van der Waals surface area (Å²) in [7, 11) is -3.83. The summed E-state index contributed by atoms with van der Waals surface area (Å²) in [5.74, 6) is 6.64. The second-order valence-corrected chi connectivity index (χ2v) is 8.98. The Morgan fingerprint density at radius 3 is 1.97 bits per heavy atom. The van der Waals surface area contributed by atoms with Gasteiger partial charge in [0.15, 0.2) is 0 Å². The van der Waals surface area contributed by atoms with Gasteiger partial charge in [0.1, 0.15) is 27.7 Å². The van der Waals surface area contributed by atoms with Crippen molar-refractivity contribution in [2.75, 3.05) is 0 Å². The lowest BCUT2D eigenvalue weighted by Crippen LogP contribution is -2.23. The van der Waals surface area contributed by atoms with Gasteiger partial charge >= 0.3 is 0 Å². The molecule has 0 aliphatic carbocycles. The van der Waals surface area contributed by atoms with Gasteiger partial charge in [-0.2, -0.15) is 0 Å². The first-order valence-electron chi connectivity index (χ1n) is 9.94. The van der Waals surface area contributed by atoms with Crippen LogP contribution < -0.4 is 4.74 Å². The number of rotatable bonds is 6. The van der Waals surface area contributed by atoms with Crippen molar-refractivity contribution in [3.8, 4) is 29.1 Å². The van der Waals surface area contributed by atoms with Crippen LogP contribution in [0.3, 0.4) is 0 Å². The third-order valence-corrected chi connectivity index (χ3v) is 6.81. The SMILES string of the molecule is CCC(O)(C#Cc1ccc(Oc2ccc(S(=O)(=O)c3ccccc3O)cc2)cc1)CC. The Kier molecular flexibility index (Phi) is 6.69. The summed E-state index contributed by atoms with van der Waals surface area (Å²) in [4.78, 5) is -0.0790. The summed E-state index contributed by atoms with van der Waals surface area (Å²) in [5.41, 5.74) is -0.217. The van der Waals surface area contributed by atoms with Crippen LogP contribution in [0.15, 0.2) is 82.6 Å². The molecule has 0 amide bonds. The lowest BCUT2D eigenvalue weighted by Gasteiger charge is -2.17. The average molecular weight is 437 g/mol. The Morgan fingerprint density at radius 2 is 1.42 bits per heavy atom. The van der Waals surface area contributed by atoms with Crippen LogP contribution in [0.25, 0.3) is 0 Å². The van der Waals surface area contributed by atoms with Crippen LogP contribution in [0, 0.1) is 11.8 Å². The van der Waals surface area contributed by atoms with E-state index in [1.54, 1.807) is 48.5 Å². The standard InChI is InChI=1S/C25H24O5S/c1-3-25(27,4-2)18-17-19-9-11-20(12-10-19)30-21-13-15-22(16-14-21)31(28,29)24-8-6-5-7-23(24)26/h5-16,26-27H,3-4H2,1-2H3. The Bertz CT molecular complexity index is 1200. The van der Waals surface area contributed by atoms with Crippen LogP contribution in [0.5, 0.6) is 17.2 Å². The Hall–Kier alpha value is -3.27. The molecule has 31 heavy (non-hydrogen) atoms. The zero-order valence-electron chi connectivity index (χ0n) is 17.4. The van der Waals surface area contributed by atoms with Gasteiger partial charge in [-0.25, -0.2) is 8.42 Å². The number of phenolic OH excluding ortho intramolecular Hbond substituents is 1. The molecule has 0 radical (unpaired) electrons. The van der Waals surface area contributed by atoms with Gasteiger partial charge < -0.3 is 14.9 Å². The zero-order valence-corrected chi connectivity index (χ0v) is 18.2. The molecule has 3 aromatic rings. The second-order valence-electron chi connectivity index (χ2n) is 7.06. The number of para-hydroxylation sites is 1. The van der Waals surface area contributed by atoms with E-state index >= 15 is 0 Å². The minimum absolute atomic E-state index is 0.0614. The van der Waals surface area contributed by atoms with Crippen molar-refractivity contribution < 1.29 is 23.4 Å². The molecule has 0 saturated heterocycles. The maximum Gasteiger partial charge on any atom is 0.210 e. The molecule has 0 aliphatic heterocycles. The maximum absolute atomic E-state index is 12.7. The number of aromatic hydroxyl groups is 1. The van der Waals surface area contributed by atoms with E-state index in [9.17, 15) is 18.6 Å². The fraction of sp³-hybridized carbons (Fsp3) is 0.200. The molecule has 3 aromatic carbocycles. The molecule has 0 heterocycles. The van der Waals surface area contributed by atoms with E-state index in [0.717, 1.165) is 5.56 Å². The number of phenols is 1. The summed E-state index contributed by atoms with van der Waals surface area (Å²) >= 11 is 0. The number of benzene rings is 3. The van der Waals surface area contributed by atoms with Crippen molar-refractivity contribution in [3.63, 3.8) is 0 Å². The van der Waals surface area contributed by atoms with Crippen molar-refractivity contribution in [2.24, 2.45) is 0 Å². The van der Waals surface area contributed by atoms with Crippen molar-refractivity contribution in [1.29, 1.82) is 0 Å². The molecule has 0 unspecified atom stereocenters. The summed E-state index contributed by atoms with van der Waals surface area (Å²) in [6.45, 7) is 3.79. The van der Waals surface area contributed by atoms with Gasteiger partial charge in [-0.1, -0.05) is 37.8 Å². The first kappa shape index (κ1) is 22.4. The molecule has 0 aromatic heterocycles. The number of hydrogen-bond donors (Lipinski definition) is 2. The van der Waals surface area contributed by atoms with Gasteiger partial charge in [-0.05, 0) is 73.5 Å². The minimum atomic E-state index is -3.83. The summed E-state index contributed by atoms with van der Waals surface area (Å²) < 4.78 is 31.2. The van der Waals surface area contributed by atoms with Crippen molar-refractivity contribution >= 4 is 9.84 Å². The number of aliphatic hydroxyl groups is 1. The first-order chi connectivity index (χ1) is 14.8. The zero-order chi connectivity index (χ0) is 22.5. The molecule has 0 fully saturated rings. The molecule has 0 saturated carbocycles. The summed E-state index contributed by atoms with van der Waals surface area (Å²) in [5, 5.41) is 20.1. The van der Waals surface area contributed by atoms with Crippen LogP contribution in [0.1, 0.15) is 32.3 Å². The topological polar surface area (TPSA) is 83.8 Å². The molecule has 3 rings (SSSR count). The summed E-state index contributed by atoms with van der Waals surface area (Å²) in [6.07, 6.45) is 1.13. The van der Waals surface area contributed by atoms with Gasteiger partial charge in [-0.15, -0.1) is 0 Å². The van der Waals surface area contributed by atoms with Gasteiger partial charge in [0.2, 0.25) is 9.84 Å². The van der Waals surface area contributed by atoms with Gasteiger partial charge in [0, 0.05) is 5.56 Å². The fourth-order valence-electron chi connectivity index (χ4n) is 2.86. The van der Waals surface area contributed by atoms with E-state index < -0.39 is 15.4 Å². The average Bonchev–Trinajstić information content (AvgIpc) is 2.79. The molecule has 160 valence electrons. The highest BCUT2D eigenvalue weighted by Crippen LogP contribution is 2.30. The minimum Gasteiger partial charge on any atom is -0.507 e. The molecular weight excluding hydrogens is 412 g/mol. The predicted octanol–water partition coefficient (Wildman–Crippen LogP) is 4.92. The van der Waals surface area contributed by atoms with Crippen molar-refractivity contribution in [2.45, 2.75) is 42.1 Å². The highest BCUT2D eigenvalue weighted by atomic mass is 32.2. The lowest BCUT2D eigenvalue weighted by molar-refractivity contribution is 0.0931. The van der Waals surface area contributed by atoms with Crippen LogP contribution in [-0.2, 0) is 9.84 Å². The van der Waals surface area contributed by atoms with Gasteiger partial charge in [-0.3, -0.25) is 0 Å². The molecule has 2 N–H and O–H groups in total. The van der Waals surface area contributed by atoms with E-state index in [-0.39, 0.29) is 15.5 Å². The molecule has 5 nitrogen and oxygen atoms in total. The van der Waals surface area contributed by atoms with E-state index in [0.29, 0.717) is 24.3 Å². The fourth-order valence-corrected chi connectivity index (χ4v) is 4.21. The van der Waals surface area contributed by atoms with Gasteiger partial charge in [0.25, 0.3) is 0 Å². The molecular formula is C25H24O5S. The van der Waals surface area contributed by atoms with Crippen LogP contribution in [0.4, 0.5) is 0 Å². The number of sulfone groups is 1. The largest absolute Gasteiger partial charge is 0.507 e. The van der Waals surface area contributed by atoms with Crippen LogP contribution in [-0.4, -0.2) is 24.2 Å².